The van der Waals surface area contributed by atoms with Gasteiger partial charge < -0.3 is 19.6 Å². The molecule has 1 aromatic heterocycles. The third-order valence-corrected chi connectivity index (χ3v) is 3.48. The molecule has 0 aliphatic rings. The van der Waals surface area contributed by atoms with Gasteiger partial charge in [-0.2, -0.15) is 0 Å². The molecule has 0 aliphatic carbocycles. The summed E-state index contributed by atoms with van der Waals surface area (Å²) in [5.41, 5.74) is 1.41. The average molecular weight is 319 g/mol. The highest BCUT2D eigenvalue weighted by Crippen LogP contribution is 2.30. The molecule has 0 bridgehead atoms. The van der Waals surface area contributed by atoms with Gasteiger partial charge in [0.05, 0.1) is 24.5 Å². The molecule has 0 atom stereocenters. The molecule has 1 heterocycles. The minimum absolute atomic E-state index is 0.183. The average Bonchev–Trinajstić information content (AvgIpc) is 2.48. The first-order valence-electron chi connectivity index (χ1n) is 6.93. The molecule has 2 N–H and O–H groups in total. The van der Waals surface area contributed by atoms with Crippen LogP contribution in [0.5, 0.6) is 5.75 Å². The van der Waals surface area contributed by atoms with Crippen LogP contribution in [-0.4, -0.2) is 30.6 Å². The Balaban J connectivity index is 2.49. The Morgan fingerprint density at radius 2 is 2.00 bits per heavy atom. The van der Waals surface area contributed by atoms with Crippen molar-refractivity contribution in [3.63, 3.8) is 0 Å². The summed E-state index contributed by atoms with van der Waals surface area (Å²) < 4.78 is 10.6. The molecule has 0 fully saturated rings. The van der Waals surface area contributed by atoms with Gasteiger partial charge in [-0.25, -0.2) is 4.79 Å². The number of amides is 1. The number of carboxylic acid groups (broad SMARTS) is 1. The highest BCUT2D eigenvalue weighted by Gasteiger charge is 2.18. The molecule has 0 radical (unpaired) electrons. The van der Waals surface area contributed by atoms with Crippen LogP contribution in [0.1, 0.15) is 16.7 Å². The SMILES string of the molecule is COc1cc(C)cc2oc(=O)c(CC(=O)NCC(=O)O)c(C)c12. The van der Waals surface area contributed by atoms with Gasteiger partial charge in [0.2, 0.25) is 5.91 Å². The van der Waals surface area contributed by atoms with Gasteiger partial charge in [0.1, 0.15) is 17.9 Å². The maximum atomic E-state index is 12.1. The van der Waals surface area contributed by atoms with Crippen LogP contribution in [0.25, 0.3) is 11.0 Å². The van der Waals surface area contributed by atoms with Gasteiger partial charge >= 0.3 is 11.6 Å². The van der Waals surface area contributed by atoms with E-state index in [4.69, 9.17) is 14.3 Å². The van der Waals surface area contributed by atoms with Crippen molar-refractivity contribution in [3.05, 3.63) is 39.2 Å². The summed E-state index contributed by atoms with van der Waals surface area (Å²) in [6, 6.07) is 3.53. The summed E-state index contributed by atoms with van der Waals surface area (Å²) >= 11 is 0. The highest BCUT2D eigenvalue weighted by molar-refractivity contribution is 5.90. The zero-order valence-electron chi connectivity index (χ0n) is 13.1. The van der Waals surface area contributed by atoms with Crippen molar-refractivity contribution in [1.29, 1.82) is 0 Å². The number of nitrogens with one attached hydrogen (secondary N) is 1. The molecule has 122 valence electrons. The van der Waals surface area contributed by atoms with E-state index in [9.17, 15) is 14.4 Å². The van der Waals surface area contributed by atoms with Gasteiger partial charge in [-0.3, -0.25) is 9.59 Å². The van der Waals surface area contributed by atoms with E-state index in [1.807, 2.05) is 13.0 Å². The van der Waals surface area contributed by atoms with Crippen molar-refractivity contribution in [3.8, 4) is 5.75 Å². The Bertz CT molecular complexity index is 837. The van der Waals surface area contributed by atoms with E-state index in [0.717, 1.165) is 5.56 Å². The van der Waals surface area contributed by atoms with Gasteiger partial charge in [-0.1, -0.05) is 0 Å². The number of benzene rings is 1. The quantitative estimate of drug-likeness (QED) is 0.801. The lowest BCUT2D eigenvalue weighted by Gasteiger charge is -2.12. The maximum absolute atomic E-state index is 12.1. The number of methoxy groups -OCH3 is 1. The third-order valence-electron chi connectivity index (χ3n) is 3.48. The zero-order valence-corrected chi connectivity index (χ0v) is 13.1. The molecule has 0 spiro atoms. The fraction of sp³-hybridized carbons (Fsp3) is 0.312. The Morgan fingerprint density at radius 1 is 1.30 bits per heavy atom. The van der Waals surface area contributed by atoms with E-state index in [-0.39, 0.29) is 12.0 Å². The van der Waals surface area contributed by atoms with Crippen molar-refractivity contribution in [2.24, 2.45) is 0 Å². The van der Waals surface area contributed by atoms with Gasteiger partial charge in [0, 0.05) is 0 Å². The molecular formula is C16H17NO6. The number of aryl methyl sites for hydroxylation is 2. The molecule has 0 unspecified atom stereocenters. The number of hydrogen-bond acceptors (Lipinski definition) is 5. The summed E-state index contributed by atoms with van der Waals surface area (Å²) in [5.74, 6) is -1.17. The van der Waals surface area contributed by atoms with Crippen LogP contribution in [0.4, 0.5) is 0 Å². The standard InChI is InChI=1S/C16H17NO6/c1-8-4-11(22-3)15-9(2)10(16(21)23-12(15)5-8)6-13(18)17-7-14(19)20/h4-5H,6-7H2,1-3H3,(H,17,18)(H,19,20). The zero-order chi connectivity index (χ0) is 17.1. The Kier molecular flexibility index (Phi) is 4.68. The van der Waals surface area contributed by atoms with Crippen LogP contribution in [0, 0.1) is 13.8 Å². The van der Waals surface area contributed by atoms with E-state index < -0.39 is 24.0 Å². The molecule has 0 aliphatic heterocycles. The maximum Gasteiger partial charge on any atom is 0.340 e. The molecule has 0 saturated carbocycles. The van der Waals surface area contributed by atoms with E-state index >= 15 is 0 Å². The highest BCUT2D eigenvalue weighted by atomic mass is 16.5. The summed E-state index contributed by atoms with van der Waals surface area (Å²) in [4.78, 5) is 34.4. The molecule has 0 saturated heterocycles. The predicted octanol–water partition coefficient (Wildman–Crippen LogP) is 1.16. The van der Waals surface area contributed by atoms with Crippen LogP contribution in [0.3, 0.4) is 0 Å². The summed E-state index contributed by atoms with van der Waals surface area (Å²) in [6.45, 7) is 3.06. The summed E-state index contributed by atoms with van der Waals surface area (Å²) in [6.07, 6.45) is -0.256. The number of carboxylic acids is 1. The number of ether oxygens (including phenoxy) is 1. The number of hydrogen-bond donors (Lipinski definition) is 2. The predicted molar refractivity (Wildman–Crippen MR) is 82.9 cm³/mol. The van der Waals surface area contributed by atoms with Gasteiger partial charge in [0.25, 0.3) is 0 Å². The normalized spacial score (nSPS) is 10.6. The summed E-state index contributed by atoms with van der Waals surface area (Å²) in [7, 11) is 1.51. The van der Waals surface area contributed by atoms with E-state index in [1.165, 1.54) is 7.11 Å². The van der Waals surface area contributed by atoms with E-state index in [0.29, 0.717) is 22.3 Å². The molecule has 7 nitrogen and oxygen atoms in total. The lowest BCUT2D eigenvalue weighted by Crippen LogP contribution is -2.32. The molecule has 2 aromatic rings. The molecule has 7 heteroatoms. The van der Waals surface area contributed by atoms with Crippen LogP contribution < -0.4 is 15.7 Å². The topological polar surface area (TPSA) is 106 Å². The Labute approximate surface area is 131 Å². The van der Waals surface area contributed by atoms with Crippen molar-refractivity contribution >= 4 is 22.8 Å². The Hall–Kier alpha value is -2.83. The first kappa shape index (κ1) is 16.5. The number of aliphatic carboxylic acids is 1. The number of carbonyl (C=O) groups excluding carboxylic acids is 1. The fourth-order valence-corrected chi connectivity index (χ4v) is 2.40. The largest absolute Gasteiger partial charge is 0.496 e. The molecular weight excluding hydrogens is 302 g/mol. The number of carbonyl (C=O) groups is 2. The smallest absolute Gasteiger partial charge is 0.340 e. The van der Waals surface area contributed by atoms with Crippen LogP contribution in [0.15, 0.2) is 21.3 Å². The van der Waals surface area contributed by atoms with Gasteiger partial charge in [-0.15, -0.1) is 0 Å². The third kappa shape index (κ3) is 3.50. The van der Waals surface area contributed by atoms with E-state index in [2.05, 4.69) is 5.32 Å². The van der Waals surface area contributed by atoms with Crippen molar-refractivity contribution in [1.82, 2.24) is 5.32 Å². The van der Waals surface area contributed by atoms with E-state index in [1.54, 1.807) is 13.0 Å². The molecule has 1 aromatic carbocycles. The molecule has 2 rings (SSSR count). The van der Waals surface area contributed by atoms with Gasteiger partial charge in [-0.05, 0) is 37.1 Å². The lowest BCUT2D eigenvalue weighted by atomic mass is 10.0. The monoisotopic (exact) mass is 319 g/mol. The van der Waals surface area contributed by atoms with Crippen molar-refractivity contribution in [2.45, 2.75) is 20.3 Å². The lowest BCUT2D eigenvalue weighted by molar-refractivity contribution is -0.137. The van der Waals surface area contributed by atoms with Crippen LogP contribution in [0.2, 0.25) is 0 Å². The van der Waals surface area contributed by atoms with Crippen LogP contribution >= 0.6 is 0 Å². The number of fused-ring (bicyclic) bond motifs is 1. The van der Waals surface area contributed by atoms with Crippen LogP contribution in [-0.2, 0) is 16.0 Å². The second-order valence-corrected chi connectivity index (χ2v) is 5.18. The first-order chi connectivity index (χ1) is 10.8. The molecule has 23 heavy (non-hydrogen) atoms. The van der Waals surface area contributed by atoms with Crippen molar-refractivity contribution < 1.29 is 23.8 Å². The second kappa shape index (κ2) is 6.51. The summed E-state index contributed by atoms with van der Waals surface area (Å²) in [5, 5.41) is 11.4. The Morgan fingerprint density at radius 3 is 2.61 bits per heavy atom. The fourth-order valence-electron chi connectivity index (χ4n) is 2.40. The minimum atomic E-state index is -1.15. The van der Waals surface area contributed by atoms with Gasteiger partial charge in [0.15, 0.2) is 0 Å². The first-order valence-corrected chi connectivity index (χ1v) is 6.93. The van der Waals surface area contributed by atoms with Crippen molar-refractivity contribution in [2.75, 3.05) is 13.7 Å². The minimum Gasteiger partial charge on any atom is -0.496 e. The second-order valence-electron chi connectivity index (χ2n) is 5.18. The molecule has 1 amide bonds. The number of rotatable bonds is 5.